The van der Waals surface area contributed by atoms with Crippen molar-refractivity contribution in [1.82, 2.24) is 15.0 Å². The van der Waals surface area contributed by atoms with Crippen LogP contribution in [0.1, 0.15) is 20.8 Å². The van der Waals surface area contributed by atoms with E-state index in [-0.39, 0.29) is 34.9 Å². The third-order valence-corrected chi connectivity index (χ3v) is 3.99. The number of benzene rings is 1. The molecule has 0 bridgehead atoms. The molecule has 1 aromatic carbocycles. The number of carbonyl (C=O) groups is 1. The number of fused-ring (bicyclic) bond motifs is 1. The van der Waals surface area contributed by atoms with Crippen molar-refractivity contribution in [3.63, 3.8) is 0 Å². The molecule has 0 unspecified atom stereocenters. The lowest BCUT2D eigenvalue weighted by Crippen LogP contribution is -2.33. The molecule has 10 nitrogen and oxygen atoms in total. The van der Waals surface area contributed by atoms with Crippen molar-refractivity contribution in [2.45, 2.75) is 26.4 Å². The molecule has 0 spiro atoms. The summed E-state index contributed by atoms with van der Waals surface area (Å²) in [6.07, 6.45) is 2.52. The van der Waals surface area contributed by atoms with E-state index in [9.17, 15) is 19.3 Å². The Labute approximate surface area is 176 Å². The zero-order valence-electron chi connectivity index (χ0n) is 17.3. The number of nitro groups is 1. The van der Waals surface area contributed by atoms with Crippen LogP contribution in [0.4, 0.5) is 15.9 Å². The Morgan fingerprint density at radius 2 is 1.97 bits per heavy atom. The summed E-state index contributed by atoms with van der Waals surface area (Å²) in [5, 5.41) is 12.0. The maximum atomic E-state index is 14.0. The van der Waals surface area contributed by atoms with Gasteiger partial charge >= 0.3 is 17.5 Å². The predicted molar refractivity (Wildman–Crippen MR) is 110 cm³/mol. The number of hydrogen-bond acceptors (Lipinski definition) is 9. The van der Waals surface area contributed by atoms with Gasteiger partial charge in [0.25, 0.3) is 0 Å². The van der Waals surface area contributed by atoms with Crippen LogP contribution in [0.25, 0.3) is 10.9 Å². The Kier molecular flexibility index (Phi) is 5.95. The van der Waals surface area contributed by atoms with E-state index in [2.05, 4.69) is 15.0 Å². The van der Waals surface area contributed by atoms with Gasteiger partial charge in [-0.2, -0.15) is 4.98 Å². The summed E-state index contributed by atoms with van der Waals surface area (Å²) in [7, 11) is 1.46. The molecule has 11 heteroatoms. The molecule has 2 heterocycles. The summed E-state index contributed by atoms with van der Waals surface area (Å²) in [5.74, 6) is -1.52. The highest BCUT2D eigenvalue weighted by molar-refractivity contribution is 5.85. The second-order valence-electron chi connectivity index (χ2n) is 7.60. The Morgan fingerprint density at radius 1 is 1.23 bits per heavy atom. The van der Waals surface area contributed by atoms with Crippen LogP contribution in [0.3, 0.4) is 0 Å². The number of ether oxygens (including phenoxy) is 2. The molecule has 3 rings (SSSR count). The lowest BCUT2D eigenvalue weighted by Gasteiger charge is -2.23. The molecular weight excluding hydrogens is 409 g/mol. The molecule has 0 radical (unpaired) electrons. The fraction of sp³-hybridized carbons (Fsp3) is 0.300. The van der Waals surface area contributed by atoms with Crippen molar-refractivity contribution < 1.29 is 23.6 Å². The van der Waals surface area contributed by atoms with Crippen LogP contribution in [0.15, 0.2) is 36.8 Å². The minimum absolute atomic E-state index is 0.0829. The van der Waals surface area contributed by atoms with Crippen molar-refractivity contribution >= 4 is 28.4 Å². The van der Waals surface area contributed by atoms with Gasteiger partial charge in [0.2, 0.25) is 5.82 Å². The van der Waals surface area contributed by atoms with Crippen molar-refractivity contribution in [3.8, 4) is 11.6 Å². The molecule has 162 valence electrons. The molecule has 0 aliphatic heterocycles. The second kappa shape index (κ2) is 8.46. The van der Waals surface area contributed by atoms with E-state index in [0.717, 1.165) is 6.33 Å². The Morgan fingerprint density at radius 3 is 2.65 bits per heavy atom. The van der Waals surface area contributed by atoms with Crippen LogP contribution < -0.4 is 9.64 Å². The summed E-state index contributed by atoms with van der Waals surface area (Å²) in [6, 6.07) is 5.55. The molecule has 31 heavy (non-hydrogen) atoms. The molecule has 0 amide bonds. The SMILES string of the molecule is CN(CC(=O)OC(C)(C)C)c1ncnc(Oc2ccc(F)c3cccnc23)c1[N+](=O)[O-]. The van der Waals surface area contributed by atoms with Crippen LogP contribution in [0.2, 0.25) is 0 Å². The van der Waals surface area contributed by atoms with E-state index in [4.69, 9.17) is 9.47 Å². The quantitative estimate of drug-likeness (QED) is 0.328. The first-order valence-electron chi connectivity index (χ1n) is 9.20. The molecule has 0 saturated carbocycles. The van der Waals surface area contributed by atoms with E-state index < -0.39 is 28.0 Å². The van der Waals surface area contributed by atoms with E-state index in [0.29, 0.717) is 0 Å². The largest absolute Gasteiger partial charge is 0.459 e. The van der Waals surface area contributed by atoms with Crippen LogP contribution in [0, 0.1) is 15.9 Å². The lowest BCUT2D eigenvalue weighted by molar-refractivity contribution is -0.385. The number of hydrogen-bond donors (Lipinski definition) is 0. The number of rotatable bonds is 6. The van der Waals surface area contributed by atoms with Gasteiger partial charge < -0.3 is 14.4 Å². The monoisotopic (exact) mass is 429 g/mol. The van der Waals surface area contributed by atoms with Gasteiger partial charge in [0.1, 0.15) is 29.8 Å². The summed E-state index contributed by atoms with van der Waals surface area (Å²) in [4.78, 5) is 36.4. The molecule has 0 atom stereocenters. The van der Waals surface area contributed by atoms with Crippen molar-refractivity contribution in [2.24, 2.45) is 0 Å². The Hall–Kier alpha value is -3.89. The highest BCUT2D eigenvalue weighted by Crippen LogP contribution is 2.37. The number of anilines is 1. The third kappa shape index (κ3) is 5.00. The second-order valence-corrected chi connectivity index (χ2v) is 7.60. The Balaban J connectivity index is 1.97. The number of halogens is 1. The number of nitrogens with zero attached hydrogens (tertiary/aromatic N) is 5. The average molecular weight is 429 g/mol. The standard InChI is InChI=1S/C20H20FN5O5/c1-20(2,3)31-15(27)10-25(4)18-17(26(28)29)19(24-11-23-18)30-14-8-7-13(21)12-6-5-9-22-16(12)14/h5-9,11H,10H2,1-4H3. The molecular formula is C20H20FN5O5. The summed E-state index contributed by atoms with van der Waals surface area (Å²) >= 11 is 0. The lowest BCUT2D eigenvalue weighted by atomic mass is 10.2. The molecule has 0 fully saturated rings. The minimum atomic E-state index is -0.713. The van der Waals surface area contributed by atoms with E-state index in [1.807, 2.05) is 0 Å². The van der Waals surface area contributed by atoms with Gasteiger partial charge in [-0.1, -0.05) is 0 Å². The van der Waals surface area contributed by atoms with E-state index in [1.54, 1.807) is 26.8 Å². The van der Waals surface area contributed by atoms with E-state index in [1.165, 1.54) is 36.3 Å². The van der Waals surface area contributed by atoms with Gasteiger partial charge in [0.05, 0.1) is 4.92 Å². The van der Waals surface area contributed by atoms with E-state index >= 15 is 0 Å². The predicted octanol–water partition coefficient (Wildman–Crippen LogP) is 3.64. The number of aromatic nitrogens is 3. The van der Waals surface area contributed by atoms with Crippen molar-refractivity contribution in [2.75, 3.05) is 18.5 Å². The number of pyridine rings is 1. The van der Waals surface area contributed by atoms with Gasteiger partial charge in [-0.3, -0.25) is 19.9 Å². The first-order valence-corrected chi connectivity index (χ1v) is 9.20. The summed E-state index contributed by atoms with van der Waals surface area (Å²) < 4.78 is 24.9. The van der Waals surface area contributed by atoms with Gasteiger partial charge in [-0.15, -0.1) is 0 Å². The zero-order chi connectivity index (χ0) is 22.8. The van der Waals surface area contributed by atoms with Gasteiger partial charge in [0.15, 0.2) is 5.75 Å². The highest BCUT2D eigenvalue weighted by atomic mass is 19.1. The summed E-state index contributed by atoms with van der Waals surface area (Å²) in [6.45, 7) is 4.86. The first-order chi connectivity index (χ1) is 14.6. The molecule has 0 saturated heterocycles. The van der Waals surface area contributed by atoms with Gasteiger partial charge in [-0.05, 0) is 45.0 Å². The fourth-order valence-electron chi connectivity index (χ4n) is 2.81. The molecule has 3 aromatic rings. The maximum Gasteiger partial charge on any atom is 0.373 e. The molecule has 0 N–H and O–H groups in total. The van der Waals surface area contributed by atoms with Crippen LogP contribution >= 0.6 is 0 Å². The normalized spacial score (nSPS) is 11.3. The number of likely N-dealkylation sites (N-methyl/N-ethyl adjacent to an activating group) is 1. The summed E-state index contributed by atoms with van der Waals surface area (Å²) in [5.41, 5.74) is -1.08. The molecule has 2 aromatic heterocycles. The first kappa shape index (κ1) is 21.8. The van der Waals surface area contributed by atoms with Crippen molar-refractivity contribution in [3.05, 3.63) is 52.7 Å². The maximum absolute atomic E-state index is 14.0. The van der Waals surface area contributed by atoms with Crippen LogP contribution in [0.5, 0.6) is 11.6 Å². The molecule has 0 aliphatic carbocycles. The smallest absolute Gasteiger partial charge is 0.373 e. The topological polar surface area (TPSA) is 121 Å². The van der Waals surface area contributed by atoms with Gasteiger partial charge in [0, 0.05) is 18.6 Å². The average Bonchev–Trinajstić information content (AvgIpc) is 2.68. The highest BCUT2D eigenvalue weighted by Gasteiger charge is 2.29. The third-order valence-electron chi connectivity index (χ3n) is 3.99. The number of esters is 1. The van der Waals surface area contributed by atoms with Crippen LogP contribution in [-0.4, -0.2) is 45.0 Å². The van der Waals surface area contributed by atoms with Crippen molar-refractivity contribution in [1.29, 1.82) is 0 Å². The van der Waals surface area contributed by atoms with Crippen LogP contribution in [-0.2, 0) is 9.53 Å². The molecule has 0 aliphatic rings. The number of carbonyl (C=O) groups excluding carboxylic acids is 1. The fourth-order valence-corrected chi connectivity index (χ4v) is 2.81. The minimum Gasteiger partial charge on any atom is -0.459 e. The zero-order valence-corrected chi connectivity index (χ0v) is 17.3. The Bertz CT molecular complexity index is 1150. The van der Waals surface area contributed by atoms with Gasteiger partial charge in [-0.25, -0.2) is 9.37 Å².